The number of rotatable bonds is 5. The van der Waals surface area contributed by atoms with Gasteiger partial charge in [-0.2, -0.15) is 0 Å². The minimum Gasteiger partial charge on any atom is -0.337 e. The van der Waals surface area contributed by atoms with Gasteiger partial charge in [-0.15, -0.1) is 0 Å². The van der Waals surface area contributed by atoms with Crippen molar-refractivity contribution >= 4 is 28.8 Å². The summed E-state index contributed by atoms with van der Waals surface area (Å²) in [6.45, 7) is 5.20. The molecule has 0 spiro atoms. The molecule has 1 heterocycles. The van der Waals surface area contributed by atoms with Gasteiger partial charge in [0, 0.05) is 48.3 Å². The van der Waals surface area contributed by atoms with E-state index < -0.39 is 0 Å². The van der Waals surface area contributed by atoms with Crippen LogP contribution in [0.15, 0.2) is 24.5 Å². The highest BCUT2D eigenvalue weighted by Gasteiger charge is 2.18. The normalized spacial score (nSPS) is 12.2. The van der Waals surface area contributed by atoms with Gasteiger partial charge in [-0.3, -0.25) is 9.78 Å². The molecule has 0 aromatic carbocycles. The molecule has 1 atom stereocenters. The van der Waals surface area contributed by atoms with E-state index in [0.717, 1.165) is 5.56 Å². The molecule has 0 saturated heterocycles. The Hall–Kier alpha value is -0.690. The Bertz CT molecular complexity index is 331. The number of nitrogens with zero attached hydrogens (tertiary/aromatic N) is 2. The van der Waals surface area contributed by atoms with Crippen molar-refractivity contribution in [2.45, 2.75) is 26.4 Å². The fraction of sp³-hybridized carbons (Fsp3) is 0.455. The molecule has 1 aromatic heterocycles. The molecule has 88 valence electrons. The number of hydrogen-bond donors (Lipinski definition) is 1. The fourth-order valence-electron chi connectivity index (χ4n) is 1.37. The van der Waals surface area contributed by atoms with Crippen LogP contribution in [-0.4, -0.2) is 28.4 Å². The maximum absolute atomic E-state index is 12.0. The summed E-state index contributed by atoms with van der Waals surface area (Å²) in [5.41, 5.74) is 1.10. The standard InChI is InChI=1S/C11H16IN3O/c1-3-15(11(16)9(2)14-12)8-10-4-6-13-7-5-10/h4-7,9,14H,3,8H2,1-2H3. The molecule has 0 aliphatic heterocycles. The van der Waals surface area contributed by atoms with Crippen molar-refractivity contribution in [1.29, 1.82) is 0 Å². The summed E-state index contributed by atoms with van der Waals surface area (Å²) in [4.78, 5) is 17.7. The van der Waals surface area contributed by atoms with Crippen LogP contribution in [0.2, 0.25) is 0 Å². The summed E-state index contributed by atoms with van der Waals surface area (Å²) in [7, 11) is 0. The molecule has 1 amide bonds. The molecule has 5 heteroatoms. The Kier molecular flexibility index (Phi) is 5.68. The number of likely N-dealkylation sites (N-methyl/N-ethyl adjacent to an activating group) is 1. The van der Waals surface area contributed by atoms with E-state index in [1.54, 1.807) is 12.4 Å². The summed E-state index contributed by atoms with van der Waals surface area (Å²) < 4.78 is 2.93. The first-order valence-corrected chi connectivity index (χ1v) is 6.30. The largest absolute Gasteiger partial charge is 0.337 e. The highest BCUT2D eigenvalue weighted by Crippen LogP contribution is 2.05. The summed E-state index contributed by atoms with van der Waals surface area (Å²) in [5.74, 6) is 0.119. The molecule has 0 aliphatic rings. The van der Waals surface area contributed by atoms with Crippen molar-refractivity contribution in [3.05, 3.63) is 30.1 Å². The van der Waals surface area contributed by atoms with Crippen LogP contribution in [0.5, 0.6) is 0 Å². The van der Waals surface area contributed by atoms with Crippen molar-refractivity contribution in [3.8, 4) is 0 Å². The predicted molar refractivity (Wildman–Crippen MR) is 71.9 cm³/mol. The van der Waals surface area contributed by atoms with Crippen LogP contribution >= 0.6 is 22.9 Å². The second-order valence-electron chi connectivity index (χ2n) is 3.54. The Labute approximate surface area is 110 Å². The van der Waals surface area contributed by atoms with Crippen molar-refractivity contribution < 1.29 is 4.79 Å². The Morgan fingerprint density at radius 1 is 1.56 bits per heavy atom. The average molecular weight is 333 g/mol. The number of carbonyl (C=O) groups is 1. The minimum atomic E-state index is -0.151. The van der Waals surface area contributed by atoms with Gasteiger partial charge in [0.25, 0.3) is 0 Å². The number of nitrogens with one attached hydrogen (secondary N) is 1. The first kappa shape index (κ1) is 13.4. The van der Waals surface area contributed by atoms with Crippen LogP contribution in [-0.2, 0) is 11.3 Å². The van der Waals surface area contributed by atoms with E-state index in [-0.39, 0.29) is 11.9 Å². The van der Waals surface area contributed by atoms with Crippen LogP contribution < -0.4 is 3.53 Å². The Morgan fingerprint density at radius 2 is 2.19 bits per heavy atom. The lowest BCUT2D eigenvalue weighted by atomic mass is 10.2. The quantitative estimate of drug-likeness (QED) is 0.660. The highest BCUT2D eigenvalue weighted by molar-refractivity contribution is 14.1. The molecule has 0 fully saturated rings. The monoisotopic (exact) mass is 333 g/mol. The highest BCUT2D eigenvalue weighted by atomic mass is 127. The van der Waals surface area contributed by atoms with Gasteiger partial charge in [0.05, 0.1) is 6.04 Å². The van der Waals surface area contributed by atoms with Crippen LogP contribution in [0.4, 0.5) is 0 Å². The van der Waals surface area contributed by atoms with Crippen LogP contribution in [0, 0.1) is 0 Å². The van der Waals surface area contributed by atoms with Gasteiger partial charge in [-0.25, -0.2) is 3.53 Å². The number of aromatic nitrogens is 1. The lowest BCUT2D eigenvalue weighted by molar-refractivity contribution is -0.132. The minimum absolute atomic E-state index is 0.119. The van der Waals surface area contributed by atoms with Crippen molar-refractivity contribution in [2.24, 2.45) is 0 Å². The van der Waals surface area contributed by atoms with Gasteiger partial charge >= 0.3 is 0 Å². The number of amides is 1. The van der Waals surface area contributed by atoms with E-state index in [9.17, 15) is 4.79 Å². The fourth-order valence-corrected chi connectivity index (χ4v) is 1.64. The van der Waals surface area contributed by atoms with Crippen molar-refractivity contribution in [3.63, 3.8) is 0 Å². The summed E-state index contributed by atoms with van der Waals surface area (Å²) in [5, 5.41) is 0. The zero-order valence-electron chi connectivity index (χ0n) is 9.48. The van der Waals surface area contributed by atoms with Crippen LogP contribution in [0.25, 0.3) is 0 Å². The lowest BCUT2D eigenvalue weighted by Crippen LogP contribution is -2.41. The average Bonchev–Trinajstić information content (AvgIpc) is 2.35. The van der Waals surface area contributed by atoms with E-state index >= 15 is 0 Å². The third-order valence-corrected chi connectivity index (χ3v) is 3.28. The molecule has 0 saturated carbocycles. The third-order valence-electron chi connectivity index (χ3n) is 2.35. The molecular weight excluding hydrogens is 317 g/mol. The SMILES string of the molecule is CCN(Cc1ccncc1)C(=O)C(C)NI. The Morgan fingerprint density at radius 3 is 2.69 bits per heavy atom. The zero-order chi connectivity index (χ0) is 12.0. The van der Waals surface area contributed by atoms with Gasteiger partial charge < -0.3 is 4.90 Å². The van der Waals surface area contributed by atoms with Crippen molar-refractivity contribution in [1.82, 2.24) is 13.4 Å². The first-order chi connectivity index (χ1) is 7.69. The first-order valence-electron chi connectivity index (χ1n) is 5.22. The van der Waals surface area contributed by atoms with Gasteiger partial charge in [0.2, 0.25) is 5.91 Å². The molecule has 1 rings (SSSR count). The molecular formula is C11H16IN3O. The molecule has 16 heavy (non-hydrogen) atoms. The van der Waals surface area contributed by atoms with Gasteiger partial charge in [-0.1, -0.05) is 0 Å². The third kappa shape index (κ3) is 3.71. The second kappa shape index (κ2) is 6.80. The molecule has 0 bridgehead atoms. The summed E-state index contributed by atoms with van der Waals surface area (Å²) >= 11 is 2.00. The molecule has 1 unspecified atom stereocenters. The van der Waals surface area contributed by atoms with E-state index in [1.807, 2.05) is 53.7 Å². The number of halogens is 1. The van der Waals surface area contributed by atoms with E-state index in [1.165, 1.54) is 0 Å². The van der Waals surface area contributed by atoms with Crippen LogP contribution in [0.3, 0.4) is 0 Å². The molecule has 1 N–H and O–H groups in total. The maximum atomic E-state index is 12.0. The number of carbonyl (C=O) groups excluding carboxylic acids is 1. The smallest absolute Gasteiger partial charge is 0.240 e. The molecule has 4 nitrogen and oxygen atoms in total. The number of hydrogen-bond acceptors (Lipinski definition) is 3. The van der Waals surface area contributed by atoms with Gasteiger partial charge in [0.1, 0.15) is 0 Å². The predicted octanol–water partition coefficient (Wildman–Crippen LogP) is 1.76. The molecule has 0 radical (unpaired) electrons. The Balaban J connectivity index is 2.66. The summed E-state index contributed by atoms with van der Waals surface area (Å²) in [6, 6.07) is 3.71. The zero-order valence-corrected chi connectivity index (χ0v) is 11.6. The van der Waals surface area contributed by atoms with E-state index in [0.29, 0.717) is 13.1 Å². The second-order valence-corrected chi connectivity index (χ2v) is 4.16. The van der Waals surface area contributed by atoms with Gasteiger partial charge in [0.15, 0.2) is 0 Å². The lowest BCUT2D eigenvalue weighted by Gasteiger charge is -2.23. The number of pyridine rings is 1. The molecule has 0 aliphatic carbocycles. The van der Waals surface area contributed by atoms with E-state index in [4.69, 9.17) is 0 Å². The van der Waals surface area contributed by atoms with Crippen molar-refractivity contribution in [2.75, 3.05) is 6.54 Å². The van der Waals surface area contributed by atoms with Gasteiger partial charge in [-0.05, 0) is 31.5 Å². The van der Waals surface area contributed by atoms with E-state index in [2.05, 4.69) is 8.51 Å². The topological polar surface area (TPSA) is 45.2 Å². The maximum Gasteiger partial charge on any atom is 0.240 e. The van der Waals surface area contributed by atoms with Crippen LogP contribution in [0.1, 0.15) is 19.4 Å². The summed E-state index contributed by atoms with van der Waals surface area (Å²) in [6.07, 6.45) is 3.49. The molecule has 1 aromatic rings.